The van der Waals surface area contributed by atoms with E-state index < -0.39 is 0 Å². The van der Waals surface area contributed by atoms with Crippen LogP contribution in [-0.2, 0) is 4.79 Å². The number of halogens is 1. The smallest absolute Gasteiger partial charge is 0.220 e. The van der Waals surface area contributed by atoms with Gasteiger partial charge in [-0.05, 0) is 43.5 Å². The maximum absolute atomic E-state index is 11.9. The molecule has 0 heterocycles. The van der Waals surface area contributed by atoms with Gasteiger partial charge in [-0.2, -0.15) is 0 Å². The first kappa shape index (κ1) is 16.2. The number of carbonyl (C=O) groups is 1. The van der Waals surface area contributed by atoms with Crippen molar-refractivity contribution in [3.05, 3.63) is 34.3 Å². The minimum atomic E-state index is 0.107. The van der Waals surface area contributed by atoms with Gasteiger partial charge in [0, 0.05) is 10.9 Å². The van der Waals surface area contributed by atoms with Crippen molar-refractivity contribution in [3.63, 3.8) is 0 Å². The van der Waals surface area contributed by atoms with Gasteiger partial charge in [-0.15, -0.1) is 0 Å². The molecule has 1 atom stereocenters. The standard InChI is InChI=1S/C15H23BrN2O/c1-2-14(12-7-9-13(16)10-8-12)18-15(19)6-4-3-5-11-17/h7-10,14H,2-6,11,17H2,1H3,(H,18,19). The zero-order chi connectivity index (χ0) is 14.1. The van der Waals surface area contributed by atoms with Crippen LogP contribution in [0.4, 0.5) is 0 Å². The van der Waals surface area contributed by atoms with Crippen molar-refractivity contribution in [2.75, 3.05) is 6.54 Å². The number of carbonyl (C=O) groups excluding carboxylic acids is 1. The predicted octanol–water partition coefficient (Wildman–Crippen LogP) is 3.54. The topological polar surface area (TPSA) is 55.1 Å². The number of benzene rings is 1. The van der Waals surface area contributed by atoms with Crippen LogP contribution in [0.3, 0.4) is 0 Å². The second-order valence-corrected chi connectivity index (χ2v) is 5.59. The van der Waals surface area contributed by atoms with Crippen molar-refractivity contribution in [1.29, 1.82) is 0 Å². The number of rotatable bonds is 8. The SMILES string of the molecule is CCC(NC(=O)CCCCCN)c1ccc(Br)cc1. The summed E-state index contributed by atoms with van der Waals surface area (Å²) >= 11 is 3.42. The van der Waals surface area contributed by atoms with Crippen LogP contribution in [0.1, 0.15) is 50.6 Å². The Morgan fingerprint density at radius 2 is 1.95 bits per heavy atom. The molecule has 1 rings (SSSR count). The zero-order valence-corrected chi connectivity index (χ0v) is 13.1. The van der Waals surface area contributed by atoms with Crippen LogP contribution < -0.4 is 11.1 Å². The average molecular weight is 327 g/mol. The van der Waals surface area contributed by atoms with Gasteiger partial charge in [0.2, 0.25) is 5.91 Å². The van der Waals surface area contributed by atoms with E-state index in [1.165, 1.54) is 0 Å². The van der Waals surface area contributed by atoms with Crippen LogP contribution in [-0.4, -0.2) is 12.5 Å². The molecule has 0 aliphatic rings. The molecule has 0 aromatic heterocycles. The summed E-state index contributed by atoms with van der Waals surface area (Å²) in [6.07, 6.45) is 4.43. The molecule has 0 fully saturated rings. The van der Waals surface area contributed by atoms with Crippen LogP contribution in [0.15, 0.2) is 28.7 Å². The molecule has 19 heavy (non-hydrogen) atoms. The van der Waals surface area contributed by atoms with E-state index in [2.05, 4.69) is 28.2 Å². The fourth-order valence-electron chi connectivity index (χ4n) is 1.99. The number of unbranched alkanes of at least 4 members (excludes halogenated alkanes) is 2. The van der Waals surface area contributed by atoms with E-state index in [1.54, 1.807) is 0 Å². The molecule has 1 amide bonds. The molecule has 3 N–H and O–H groups in total. The minimum Gasteiger partial charge on any atom is -0.349 e. The highest BCUT2D eigenvalue weighted by molar-refractivity contribution is 9.10. The molecule has 0 radical (unpaired) electrons. The van der Waals surface area contributed by atoms with E-state index in [0.29, 0.717) is 13.0 Å². The number of nitrogens with two attached hydrogens (primary N) is 1. The minimum absolute atomic E-state index is 0.107. The van der Waals surface area contributed by atoms with Crippen molar-refractivity contribution in [1.82, 2.24) is 5.32 Å². The Balaban J connectivity index is 2.43. The summed E-state index contributed by atoms with van der Waals surface area (Å²) in [5.74, 6) is 0.131. The monoisotopic (exact) mass is 326 g/mol. The summed E-state index contributed by atoms with van der Waals surface area (Å²) < 4.78 is 1.05. The normalized spacial score (nSPS) is 12.2. The highest BCUT2D eigenvalue weighted by atomic mass is 79.9. The quantitative estimate of drug-likeness (QED) is 0.718. The second-order valence-electron chi connectivity index (χ2n) is 4.68. The van der Waals surface area contributed by atoms with E-state index >= 15 is 0 Å². The molecule has 1 aromatic rings. The molecule has 0 bridgehead atoms. The van der Waals surface area contributed by atoms with Gasteiger partial charge in [0.25, 0.3) is 0 Å². The van der Waals surface area contributed by atoms with Gasteiger partial charge in [-0.25, -0.2) is 0 Å². The predicted molar refractivity (Wildman–Crippen MR) is 82.8 cm³/mol. The molecule has 1 unspecified atom stereocenters. The molecule has 0 spiro atoms. The molecule has 0 saturated carbocycles. The first-order chi connectivity index (χ1) is 9.17. The van der Waals surface area contributed by atoms with Crippen molar-refractivity contribution in [2.45, 2.75) is 45.1 Å². The Bertz CT molecular complexity index is 378. The molecular formula is C15H23BrN2O. The summed E-state index contributed by atoms with van der Waals surface area (Å²) in [6, 6.07) is 8.21. The fraction of sp³-hybridized carbons (Fsp3) is 0.533. The van der Waals surface area contributed by atoms with Crippen molar-refractivity contribution >= 4 is 21.8 Å². The molecule has 0 aliphatic carbocycles. The highest BCUT2D eigenvalue weighted by Gasteiger charge is 2.12. The Labute approximate surface area is 124 Å². The van der Waals surface area contributed by atoms with Gasteiger partial charge < -0.3 is 11.1 Å². The van der Waals surface area contributed by atoms with Crippen LogP contribution in [0.25, 0.3) is 0 Å². The van der Waals surface area contributed by atoms with Crippen molar-refractivity contribution in [2.24, 2.45) is 5.73 Å². The van der Waals surface area contributed by atoms with Crippen molar-refractivity contribution < 1.29 is 4.79 Å². The Kier molecular flexibility index (Phi) is 7.75. The number of hydrogen-bond acceptors (Lipinski definition) is 2. The molecular weight excluding hydrogens is 304 g/mol. The maximum atomic E-state index is 11.9. The summed E-state index contributed by atoms with van der Waals surface area (Å²) in [4.78, 5) is 11.9. The lowest BCUT2D eigenvalue weighted by Gasteiger charge is -2.17. The van der Waals surface area contributed by atoms with Gasteiger partial charge in [-0.1, -0.05) is 41.4 Å². The van der Waals surface area contributed by atoms with E-state index in [0.717, 1.165) is 35.7 Å². The molecule has 0 aliphatic heterocycles. The van der Waals surface area contributed by atoms with Gasteiger partial charge in [0.1, 0.15) is 0 Å². The van der Waals surface area contributed by atoms with E-state index in [-0.39, 0.29) is 11.9 Å². The third kappa shape index (κ3) is 6.21. The molecule has 0 saturated heterocycles. The Morgan fingerprint density at radius 3 is 2.53 bits per heavy atom. The fourth-order valence-corrected chi connectivity index (χ4v) is 2.25. The van der Waals surface area contributed by atoms with Gasteiger partial charge in [0.15, 0.2) is 0 Å². The third-order valence-corrected chi connectivity index (χ3v) is 3.65. The number of hydrogen-bond donors (Lipinski definition) is 2. The Hall–Kier alpha value is -0.870. The highest BCUT2D eigenvalue weighted by Crippen LogP contribution is 2.19. The van der Waals surface area contributed by atoms with Gasteiger partial charge >= 0.3 is 0 Å². The van der Waals surface area contributed by atoms with E-state index in [4.69, 9.17) is 5.73 Å². The van der Waals surface area contributed by atoms with Crippen LogP contribution in [0.2, 0.25) is 0 Å². The zero-order valence-electron chi connectivity index (χ0n) is 11.5. The molecule has 3 nitrogen and oxygen atoms in total. The van der Waals surface area contributed by atoms with Gasteiger partial charge in [-0.3, -0.25) is 4.79 Å². The largest absolute Gasteiger partial charge is 0.349 e. The van der Waals surface area contributed by atoms with E-state index in [1.807, 2.05) is 24.3 Å². The lowest BCUT2D eigenvalue weighted by atomic mass is 10.0. The molecule has 1 aromatic carbocycles. The van der Waals surface area contributed by atoms with E-state index in [9.17, 15) is 4.79 Å². The summed E-state index contributed by atoms with van der Waals surface area (Å²) in [7, 11) is 0. The first-order valence-corrected chi connectivity index (χ1v) is 7.71. The maximum Gasteiger partial charge on any atom is 0.220 e. The molecule has 4 heteroatoms. The van der Waals surface area contributed by atoms with Crippen molar-refractivity contribution in [3.8, 4) is 0 Å². The average Bonchev–Trinajstić information content (AvgIpc) is 2.42. The Morgan fingerprint density at radius 1 is 1.26 bits per heavy atom. The first-order valence-electron chi connectivity index (χ1n) is 6.92. The summed E-state index contributed by atoms with van der Waals surface area (Å²) in [5, 5.41) is 3.09. The second kappa shape index (κ2) is 9.10. The number of nitrogens with one attached hydrogen (secondary N) is 1. The van der Waals surface area contributed by atoms with Gasteiger partial charge in [0.05, 0.1) is 6.04 Å². The lowest BCUT2D eigenvalue weighted by molar-refractivity contribution is -0.122. The van der Waals surface area contributed by atoms with Crippen LogP contribution in [0, 0.1) is 0 Å². The number of amides is 1. The summed E-state index contributed by atoms with van der Waals surface area (Å²) in [5.41, 5.74) is 6.59. The third-order valence-electron chi connectivity index (χ3n) is 3.12. The lowest BCUT2D eigenvalue weighted by Crippen LogP contribution is -2.27. The summed E-state index contributed by atoms with van der Waals surface area (Å²) in [6.45, 7) is 2.79. The molecule has 106 valence electrons. The van der Waals surface area contributed by atoms with Crippen LogP contribution >= 0.6 is 15.9 Å². The van der Waals surface area contributed by atoms with Crippen LogP contribution in [0.5, 0.6) is 0 Å².